The molecule has 0 spiro atoms. The van der Waals surface area contributed by atoms with E-state index in [0.717, 1.165) is 0 Å². The van der Waals surface area contributed by atoms with Crippen LogP contribution in [0.5, 0.6) is 0 Å². The average Bonchev–Trinajstić information content (AvgIpc) is 1.87. The molecule has 0 amide bonds. The molecule has 3 heteroatoms. The predicted molar refractivity (Wildman–Crippen MR) is 46.7 cm³/mol. The molecule has 0 radical (unpaired) electrons. The van der Waals surface area contributed by atoms with Crippen molar-refractivity contribution in [2.24, 2.45) is 5.73 Å². The molecular formula is C8H16N2O. The van der Waals surface area contributed by atoms with Crippen LogP contribution in [0.15, 0.2) is 24.6 Å². The minimum absolute atomic E-state index is 0.104. The average molecular weight is 156 g/mol. The normalized spacial score (nSPS) is 13.9. The highest BCUT2D eigenvalue weighted by Gasteiger charge is 1.96. The highest BCUT2D eigenvalue weighted by atomic mass is 16.5. The van der Waals surface area contributed by atoms with Gasteiger partial charge in [-0.2, -0.15) is 0 Å². The summed E-state index contributed by atoms with van der Waals surface area (Å²) in [4.78, 5) is 0. The smallest absolute Gasteiger partial charge is 0.187 e. The monoisotopic (exact) mass is 156 g/mol. The molecule has 0 aromatic heterocycles. The van der Waals surface area contributed by atoms with Crippen LogP contribution >= 0.6 is 0 Å². The molecule has 1 atom stereocenters. The Balaban J connectivity index is 3.88. The third-order valence-electron chi connectivity index (χ3n) is 0.939. The zero-order valence-corrected chi connectivity index (χ0v) is 7.13. The lowest BCUT2D eigenvalue weighted by Gasteiger charge is -2.13. The topological polar surface area (TPSA) is 47.3 Å². The number of hydrogen-bond acceptors (Lipinski definition) is 3. The summed E-state index contributed by atoms with van der Waals surface area (Å²) in [6.07, 6.45) is 3.29. The molecule has 0 aliphatic carbocycles. The second-order valence-electron chi connectivity index (χ2n) is 2.13. The van der Waals surface area contributed by atoms with Gasteiger partial charge in [0.1, 0.15) is 0 Å². The number of nitrogens with one attached hydrogen (secondary N) is 1. The Kier molecular flexibility index (Phi) is 5.29. The van der Waals surface area contributed by atoms with E-state index < -0.39 is 0 Å². The molecule has 3 nitrogen and oxygen atoms in total. The second kappa shape index (κ2) is 5.80. The third kappa shape index (κ3) is 5.48. The van der Waals surface area contributed by atoms with Gasteiger partial charge in [-0.05, 0) is 19.9 Å². The van der Waals surface area contributed by atoms with Gasteiger partial charge in [0.15, 0.2) is 5.88 Å². The second-order valence-corrected chi connectivity index (χ2v) is 2.13. The van der Waals surface area contributed by atoms with Crippen LogP contribution in [0.4, 0.5) is 0 Å². The van der Waals surface area contributed by atoms with Crippen molar-refractivity contribution in [1.29, 1.82) is 0 Å². The van der Waals surface area contributed by atoms with E-state index in [-0.39, 0.29) is 6.17 Å². The predicted octanol–water partition coefficient (Wildman–Crippen LogP) is 0.945. The quantitative estimate of drug-likeness (QED) is 0.354. The first kappa shape index (κ1) is 10.0. The molecule has 0 aromatic carbocycles. The highest BCUT2D eigenvalue weighted by Crippen LogP contribution is 1.92. The summed E-state index contributed by atoms with van der Waals surface area (Å²) in [5.41, 5.74) is 5.49. The van der Waals surface area contributed by atoms with Crippen LogP contribution in [-0.4, -0.2) is 12.8 Å². The lowest BCUT2D eigenvalue weighted by Crippen LogP contribution is -2.34. The van der Waals surface area contributed by atoms with E-state index in [2.05, 4.69) is 11.9 Å². The molecule has 0 saturated heterocycles. The van der Waals surface area contributed by atoms with Crippen molar-refractivity contribution in [2.45, 2.75) is 20.0 Å². The van der Waals surface area contributed by atoms with Gasteiger partial charge in [-0.1, -0.05) is 12.7 Å². The van der Waals surface area contributed by atoms with E-state index in [1.807, 2.05) is 13.8 Å². The highest BCUT2D eigenvalue weighted by molar-refractivity contribution is 5.03. The molecule has 0 aliphatic heterocycles. The van der Waals surface area contributed by atoms with Gasteiger partial charge in [-0.3, -0.25) is 0 Å². The van der Waals surface area contributed by atoms with E-state index >= 15 is 0 Å². The van der Waals surface area contributed by atoms with Crippen LogP contribution in [0.1, 0.15) is 13.8 Å². The molecule has 0 aliphatic rings. The molecule has 1 unspecified atom stereocenters. The molecule has 64 valence electrons. The molecule has 11 heavy (non-hydrogen) atoms. The Labute approximate surface area is 67.9 Å². The lowest BCUT2D eigenvalue weighted by molar-refractivity contribution is 0.199. The van der Waals surface area contributed by atoms with Gasteiger partial charge >= 0.3 is 0 Å². The van der Waals surface area contributed by atoms with Crippen LogP contribution < -0.4 is 11.1 Å². The van der Waals surface area contributed by atoms with Gasteiger partial charge in [0.05, 0.1) is 12.8 Å². The summed E-state index contributed by atoms with van der Waals surface area (Å²) in [5.74, 6) is 0.664. The van der Waals surface area contributed by atoms with Crippen LogP contribution in [0.25, 0.3) is 0 Å². The molecule has 0 saturated carbocycles. The number of hydrogen-bond donors (Lipinski definition) is 2. The molecule has 0 bridgehead atoms. The van der Waals surface area contributed by atoms with Crippen molar-refractivity contribution >= 4 is 0 Å². The number of nitrogens with two attached hydrogens (primary N) is 1. The van der Waals surface area contributed by atoms with Gasteiger partial charge in [0.25, 0.3) is 0 Å². The van der Waals surface area contributed by atoms with Crippen LogP contribution in [0.3, 0.4) is 0 Å². The molecular weight excluding hydrogens is 140 g/mol. The maximum Gasteiger partial charge on any atom is 0.187 e. The fraction of sp³-hybridized carbons (Fsp3) is 0.500. The standard InChI is InChI=1S/C8H16N2O/c1-4-6-8(11-5-2)10-7(3)9/h4,6-7,10H,1,5,9H2,2-3H3/b8-6+. The SMILES string of the molecule is C=C/C=C(\NC(C)N)OCC. The van der Waals surface area contributed by atoms with Crippen molar-refractivity contribution in [2.75, 3.05) is 6.61 Å². The van der Waals surface area contributed by atoms with Gasteiger partial charge in [-0.15, -0.1) is 0 Å². The number of ether oxygens (including phenoxy) is 1. The number of allylic oxidation sites excluding steroid dienone is 2. The lowest BCUT2D eigenvalue weighted by atomic mass is 10.5. The first-order valence-corrected chi connectivity index (χ1v) is 3.68. The van der Waals surface area contributed by atoms with Crippen LogP contribution in [0, 0.1) is 0 Å². The van der Waals surface area contributed by atoms with E-state index in [9.17, 15) is 0 Å². The summed E-state index contributed by atoms with van der Waals surface area (Å²) >= 11 is 0. The summed E-state index contributed by atoms with van der Waals surface area (Å²) in [7, 11) is 0. The summed E-state index contributed by atoms with van der Waals surface area (Å²) in [6, 6.07) is 0. The Morgan fingerprint density at radius 2 is 2.45 bits per heavy atom. The fourth-order valence-electron chi connectivity index (χ4n) is 0.625. The maximum atomic E-state index is 5.49. The van der Waals surface area contributed by atoms with E-state index in [1.165, 1.54) is 0 Å². The van der Waals surface area contributed by atoms with Crippen molar-refractivity contribution < 1.29 is 4.74 Å². The largest absolute Gasteiger partial charge is 0.479 e. The zero-order chi connectivity index (χ0) is 8.69. The van der Waals surface area contributed by atoms with Crippen molar-refractivity contribution in [3.8, 4) is 0 Å². The maximum absolute atomic E-state index is 5.49. The molecule has 0 aromatic rings. The molecule has 0 fully saturated rings. The minimum atomic E-state index is -0.104. The van der Waals surface area contributed by atoms with Crippen LogP contribution in [-0.2, 0) is 4.74 Å². The first-order chi connectivity index (χ1) is 5.20. The van der Waals surface area contributed by atoms with Gasteiger partial charge < -0.3 is 15.8 Å². The molecule has 0 heterocycles. The minimum Gasteiger partial charge on any atom is -0.479 e. The fourth-order valence-corrected chi connectivity index (χ4v) is 0.625. The van der Waals surface area contributed by atoms with Crippen molar-refractivity contribution in [1.82, 2.24) is 5.32 Å². The third-order valence-corrected chi connectivity index (χ3v) is 0.939. The summed E-state index contributed by atoms with van der Waals surface area (Å²) < 4.78 is 5.19. The molecule has 0 rings (SSSR count). The van der Waals surface area contributed by atoms with Gasteiger partial charge in [0, 0.05) is 0 Å². The Morgan fingerprint density at radius 1 is 1.82 bits per heavy atom. The molecule has 3 N–H and O–H groups in total. The van der Waals surface area contributed by atoms with E-state index in [4.69, 9.17) is 10.5 Å². The summed E-state index contributed by atoms with van der Waals surface area (Å²) in [5, 5.41) is 2.93. The van der Waals surface area contributed by atoms with Crippen molar-refractivity contribution in [3.63, 3.8) is 0 Å². The Hall–Kier alpha value is -0.960. The van der Waals surface area contributed by atoms with Crippen LogP contribution in [0.2, 0.25) is 0 Å². The first-order valence-electron chi connectivity index (χ1n) is 3.68. The summed E-state index contributed by atoms with van der Waals surface area (Å²) in [6.45, 7) is 7.94. The van der Waals surface area contributed by atoms with E-state index in [0.29, 0.717) is 12.5 Å². The van der Waals surface area contributed by atoms with Crippen molar-refractivity contribution in [3.05, 3.63) is 24.6 Å². The Bertz CT molecular complexity index is 141. The zero-order valence-electron chi connectivity index (χ0n) is 7.13. The van der Waals surface area contributed by atoms with Gasteiger partial charge in [-0.25, -0.2) is 0 Å². The van der Waals surface area contributed by atoms with Gasteiger partial charge in [0.2, 0.25) is 0 Å². The van der Waals surface area contributed by atoms with E-state index in [1.54, 1.807) is 12.2 Å². The number of rotatable bonds is 5. The Morgan fingerprint density at radius 3 is 2.82 bits per heavy atom.